The molecule has 23 heavy (non-hydrogen) atoms. The fourth-order valence-electron chi connectivity index (χ4n) is 3.67. The Morgan fingerprint density at radius 3 is 2.17 bits per heavy atom. The van der Waals surface area contributed by atoms with Gasteiger partial charge >= 0.3 is 0 Å². The summed E-state index contributed by atoms with van der Waals surface area (Å²) < 4.78 is 0. The molecule has 0 amide bonds. The van der Waals surface area contributed by atoms with Gasteiger partial charge in [0.25, 0.3) is 0 Å². The fraction of sp³-hybridized carbons (Fsp3) is 0.455. The van der Waals surface area contributed by atoms with Crippen molar-refractivity contribution in [1.29, 1.82) is 0 Å². The molecule has 0 heterocycles. The maximum atomic E-state index is 6.11. The molecule has 0 saturated heterocycles. The number of aryl methyl sites for hydroxylation is 2. The molecular weight excluding hydrogens is 278 g/mol. The minimum Gasteiger partial charge on any atom is -0.330 e. The lowest BCUT2D eigenvalue weighted by molar-refractivity contribution is 0.668. The van der Waals surface area contributed by atoms with Crippen molar-refractivity contribution in [2.45, 2.75) is 57.8 Å². The summed E-state index contributed by atoms with van der Waals surface area (Å²) in [7, 11) is 0. The molecular formula is C22H29N. The van der Waals surface area contributed by atoms with Crippen molar-refractivity contribution in [2.75, 3.05) is 6.54 Å². The van der Waals surface area contributed by atoms with Crippen molar-refractivity contribution in [1.82, 2.24) is 0 Å². The molecule has 0 radical (unpaired) electrons. The molecule has 0 aromatic heterocycles. The van der Waals surface area contributed by atoms with Crippen LogP contribution in [0.4, 0.5) is 0 Å². The fourth-order valence-corrected chi connectivity index (χ4v) is 3.67. The van der Waals surface area contributed by atoms with E-state index in [1.54, 1.807) is 11.1 Å². The van der Waals surface area contributed by atoms with Gasteiger partial charge in [-0.1, -0.05) is 56.3 Å². The number of fused-ring (bicyclic) bond motifs is 1. The van der Waals surface area contributed by atoms with Gasteiger partial charge in [-0.05, 0) is 72.4 Å². The molecule has 2 aromatic carbocycles. The molecule has 1 atom stereocenters. The van der Waals surface area contributed by atoms with Crippen LogP contribution >= 0.6 is 0 Å². The van der Waals surface area contributed by atoms with Crippen LogP contribution < -0.4 is 5.73 Å². The summed E-state index contributed by atoms with van der Waals surface area (Å²) in [6, 6.07) is 16.2. The second-order valence-electron chi connectivity index (χ2n) is 7.27. The second kappa shape index (κ2) is 7.31. The minimum atomic E-state index is 0.423. The predicted octanol–water partition coefficient (Wildman–Crippen LogP) is 4.97. The Balaban J connectivity index is 1.77. The van der Waals surface area contributed by atoms with Gasteiger partial charge in [-0.15, -0.1) is 0 Å². The van der Waals surface area contributed by atoms with Gasteiger partial charge in [0.2, 0.25) is 0 Å². The van der Waals surface area contributed by atoms with Gasteiger partial charge < -0.3 is 5.73 Å². The summed E-state index contributed by atoms with van der Waals surface area (Å²) in [5.41, 5.74) is 13.4. The Morgan fingerprint density at radius 2 is 1.52 bits per heavy atom. The van der Waals surface area contributed by atoms with Crippen LogP contribution in [0.25, 0.3) is 0 Å². The van der Waals surface area contributed by atoms with E-state index in [1.165, 1.54) is 42.4 Å². The lowest BCUT2D eigenvalue weighted by Gasteiger charge is -2.21. The summed E-state index contributed by atoms with van der Waals surface area (Å²) in [6.45, 7) is 5.19. The lowest BCUT2D eigenvalue weighted by Crippen LogP contribution is -2.16. The monoisotopic (exact) mass is 307 g/mol. The normalized spacial score (nSPS) is 15.5. The Kier molecular flexibility index (Phi) is 5.17. The molecule has 0 bridgehead atoms. The summed E-state index contributed by atoms with van der Waals surface area (Å²) in [5, 5.41) is 0. The van der Waals surface area contributed by atoms with E-state index in [0.29, 0.717) is 18.4 Å². The van der Waals surface area contributed by atoms with Crippen molar-refractivity contribution in [3.05, 3.63) is 70.3 Å². The highest BCUT2D eigenvalue weighted by atomic mass is 14.5. The van der Waals surface area contributed by atoms with Crippen molar-refractivity contribution in [2.24, 2.45) is 5.73 Å². The molecule has 1 heteroatoms. The van der Waals surface area contributed by atoms with Crippen molar-refractivity contribution in [3.8, 4) is 0 Å². The first kappa shape index (κ1) is 16.3. The zero-order chi connectivity index (χ0) is 16.2. The average Bonchev–Trinajstić information content (AvgIpc) is 2.59. The van der Waals surface area contributed by atoms with Gasteiger partial charge in [0.1, 0.15) is 0 Å². The van der Waals surface area contributed by atoms with Crippen LogP contribution in [0.3, 0.4) is 0 Å². The van der Waals surface area contributed by atoms with Crippen LogP contribution in [-0.2, 0) is 19.3 Å². The maximum Gasteiger partial charge on any atom is 0.000167 e. The third-order valence-electron chi connectivity index (χ3n) is 5.26. The summed E-state index contributed by atoms with van der Waals surface area (Å²) in [5.74, 6) is 1.02. The first-order valence-electron chi connectivity index (χ1n) is 9.08. The molecule has 3 rings (SSSR count). The molecule has 0 fully saturated rings. The van der Waals surface area contributed by atoms with Crippen LogP contribution in [0.2, 0.25) is 0 Å². The predicted molar refractivity (Wildman–Crippen MR) is 99.1 cm³/mol. The SMILES string of the molecule is CC(C)c1ccc(CC(CN)c2ccc3c(c2)CCCC3)cc1. The minimum absolute atomic E-state index is 0.423. The van der Waals surface area contributed by atoms with E-state index in [0.717, 1.165) is 6.42 Å². The zero-order valence-corrected chi connectivity index (χ0v) is 14.5. The van der Waals surface area contributed by atoms with Crippen LogP contribution in [0.5, 0.6) is 0 Å². The van der Waals surface area contributed by atoms with Crippen molar-refractivity contribution >= 4 is 0 Å². The van der Waals surface area contributed by atoms with Crippen molar-refractivity contribution < 1.29 is 0 Å². The van der Waals surface area contributed by atoms with E-state index in [9.17, 15) is 0 Å². The smallest absolute Gasteiger partial charge is 0.000167 e. The lowest BCUT2D eigenvalue weighted by atomic mass is 9.85. The van der Waals surface area contributed by atoms with E-state index in [2.05, 4.69) is 56.3 Å². The number of hydrogen-bond donors (Lipinski definition) is 1. The Bertz CT molecular complexity index is 640. The Morgan fingerprint density at radius 1 is 0.870 bits per heavy atom. The quantitative estimate of drug-likeness (QED) is 0.829. The van der Waals surface area contributed by atoms with Crippen molar-refractivity contribution in [3.63, 3.8) is 0 Å². The van der Waals surface area contributed by atoms with Crippen LogP contribution in [0.15, 0.2) is 42.5 Å². The third kappa shape index (κ3) is 3.84. The number of hydrogen-bond acceptors (Lipinski definition) is 1. The largest absolute Gasteiger partial charge is 0.330 e. The number of rotatable bonds is 5. The molecule has 1 unspecified atom stereocenters. The summed E-state index contributed by atoms with van der Waals surface area (Å²) >= 11 is 0. The molecule has 1 aliphatic rings. The Labute approximate surface area is 140 Å². The Hall–Kier alpha value is -1.60. The van der Waals surface area contributed by atoms with Crippen LogP contribution in [0.1, 0.15) is 66.3 Å². The molecule has 1 aliphatic carbocycles. The molecule has 0 spiro atoms. The second-order valence-corrected chi connectivity index (χ2v) is 7.27. The maximum absolute atomic E-state index is 6.11. The van der Waals surface area contributed by atoms with E-state index < -0.39 is 0 Å². The highest BCUT2D eigenvalue weighted by Gasteiger charge is 2.15. The first-order valence-corrected chi connectivity index (χ1v) is 9.08. The van der Waals surface area contributed by atoms with Gasteiger partial charge in [0, 0.05) is 5.92 Å². The molecule has 122 valence electrons. The van der Waals surface area contributed by atoms with Gasteiger partial charge in [0.05, 0.1) is 0 Å². The number of benzene rings is 2. The van der Waals surface area contributed by atoms with Gasteiger partial charge in [-0.3, -0.25) is 0 Å². The van der Waals surface area contributed by atoms with Crippen LogP contribution in [0, 0.1) is 0 Å². The highest BCUT2D eigenvalue weighted by Crippen LogP contribution is 2.27. The first-order chi connectivity index (χ1) is 11.2. The van der Waals surface area contributed by atoms with Crippen LogP contribution in [-0.4, -0.2) is 6.54 Å². The third-order valence-corrected chi connectivity index (χ3v) is 5.26. The van der Waals surface area contributed by atoms with E-state index in [1.807, 2.05) is 0 Å². The standard InChI is InChI=1S/C22H29N/c1-16(2)18-9-7-17(8-10-18)13-22(15-23)21-12-11-19-5-3-4-6-20(19)14-21/h7-12,14,16,22H,3-6,13,15,23H2,1-2H3. The molecule has 2 aromatic rings. The zero-order valence-electron chi connectivity index (χ0n) is 14.5. The van der Waals surface area contributed by atoms with Gasteiger partial charge in [-0.25, -0.2) is 0 Å². The van der Waals surface area contributed by atoms with Gasteiger partial charge in [0.15, 0.2) is 0 Å². The number of nitrogens with two attached hydrogens (primary N) is 1. The molecule has 0 saturated carbocycles. The molecule has 0 aliphatic heterocycles. The summed E-state index contributed by atoms with van der Waals surface area (Å²) in [4.78, 5) is 0. The highest BCUT2D eigenvalue weighted by molar-refractivity contribution is 5.36. The topological polar surface area (TPSA) is 26.0 Å². The van der Waals surface area contributed by atoms with E-state index in [4.69, 9.17) is 5.73 Å². The van der Waals surface area contributed by atoms with Gasteiger partial charge in [-0.2, -0.15) is 0 Å². The summed E-state index contributed by atoms with van der Waals surface area (Å²) in [6.07, 6.45) is 6.20. The molecule has 1 nitrogen and oxygen atoms in total. The average molecular weight is 307 g/mol. The van der Waals surface area contributed by atoms with E-state index >= 15 is 0 Å². The molecule has 2 N–H and O–H groups in total. The van der Waals surface area contributed by atoms with E-state index in [-0.39, 0.29) is 0 Å².